The van der Waals surface area contributed by atoms with Crippen LogP contribution in [0.15, 0.2) is 42.5 Å². The molecule has 3 aromatic carbocycles. The molecule has 0 aromatic heterocycles. The summed E-state index contributed by atoms with van der Waals surface area (Å²) in [5.74, 6) is 0.829. The average Bonchev–Trinajstić information content (AvgIpc) is 3.23. The van der Waals surface area contributed by atoms with E-state index in [-0.39, 0.29) is 38.4 Å². The molecule has 2 unspecified atom stereocenters. The third-order valence-electron chi connectivity index (χ3n) is 10.7. The van der Waals surface area contributed by atoms with Crippen LogP contribution in [0.4, 0.5) is 0 Å². The highest BCUT2D eigenvalue weighted by Gasteiger charge is 2.23. The van der Waals surface area contributed by atoms with E-state index in [1.165, 1.54) is 51.4 Å². The average molecular weight is 842 g/mol. The van der Waals surface area contributed by atoms with Gasteiger partial charge in [-0.15, -0.1) is 0 Å². The summed E-state index contributed by atoms with van der Waals surface area (Å²) in [5.41, 5.74) is 0. The molecule has 0 aliphatic heterocycles. The molecule has 3 aromatic rings. The normalized spacial score (nSPS) is 12.5. The van der Waals surface area contributed by atoms with Crippen LogP contribution in [0.5, 0.6) is 11.5 Å². The SMILES string of the molecule is CCCCCCCOCC(COc1c2ccccc2c(OCC(COCCCCCCC)OC(=O)CCCCCCC)c2cc(Cl)ccc12)OC(=O)CCCCCCC. The van der Waals surface area contributed by atoms with Gasteiger partial charge in [0.15, 0.2) is 12.2 Å². The highest BCUT2D eigenvalue weighted by Crippen LogP contribution is 2.44. The summed E-state index contributed by atoms with van der Waals surface area (Å²) in [7, 11) is 0. The van der Waals surface area contributed by atoms with Crippen LogP contribution in [0.2, 0.25) is 5.02 Å². The fourth-order valence-corrected chi connectivity index (χ4v) is 7.42. The van der Waals surface area contributed by atoms with Gasteiger partial charge < -0.3 is 28.4 Å². The van der Waals surface area contributed by atoms with Gasteiger partial charge in [-0.25, -0.2) is 0 Å². The van der Waals surface area contributed by atoms with Crippen molar-refractivity contribution in [3.05, 3.63) is 47.5 Å². The van der Waals surface area contributed by atoms with Gasteiger partial charge in [0.2, 0.25) is 0 Å². The Labute approximate surface area is 361 Å². The molecular weight excluding hydrogens is 764 g/mol. The van der Waals surface area contributed by atoms with Crippen molar-refractivity contribution in [1.29, 1.82) is 0 Å². The number of ether oxygens (including phenoxy) is 6. The molecule has 0 N–H and O–H groups in total. The molecule has 0 saturated carbocycles. The monoisotopic (exact) mass is 841 g/mol. The summed E-state index contributed by atoms with van der Waals surface area (Å²) in [4.78, 5) is 26.1. The summed E-state index contributed by atoms with van der Waals surface area (Å²) in [6.07, 6.45) is 21.6. The molecule has 8 nitrogen and oxygen atoms in total. The molecular formula is C50H77ClO8. The van der Waals surface area contributed by atoms with Gasteiger partial charge in [-0.2, -0.15) is 0 Å². The van der Waals surface area contributed by atoms with Crippen LogP contribution in [0.3, 0.4) is 0 Å². The van der Waals surface area contributed by atoms with Crippen LogP contribution in [0.25, 0.3) is 21.5 Å². The number of halogens is 1. The number of unbranched alkanes of at least 4 members (excludes halogenated alkanes) is 16. The molecule has 0 amide bonds. The van der Waals surface area contributed by atoms with E-state index in [0.717, 1.165) is 98.6 Å². The highest BCUT2D eigenvalue weighted by atomic mass is 35.5. The predicted molar refractivity (Wildman–Crippen MR) is 243 cm³/mol. The molecule has 3 rings (SSSR count). The van der Waals surface area contributed by atoms with Crippen molar-refractivity contribution >= 4 is 45.1 Å². The predicted octanol–water partition coefficient (Wildman–Crippen LogP) is 13.9. The van der Waals surface area contributed by atoms with E-state index in [0.29, 0.717) is 42.6 Å². The van der Waals surface area contributed by atoms with Gasteiger partial charge in [0.25, 0.3) is 0 Å². The van der Waals surface area contributed by atoms with Crippen molar-refractivity contribution in [1.82, 2.24) is 0 Å². The lowest BCUT2D eigenvalue weighted by Crippen LogP contribution is -2.30. The molecule has 0 aliphatic carbocycles. The van der Waals surface area contributed by atoms with E-state index >= 15 is 0 Å². The molecule has 0 aliphatic rings. The smallest absolute Gasteiger partial charge is 0.306 e. The van der Waals surface area contributed by atoms with E-state index in [2.05, 4.69) is 27.7 Å². The molecule has 0 saturated heterocycles. The first-order valence-corrected chi connectivity index (χ1v) is 23.7. The number of benzene rings is 3. The zero-order valence-electron chi connectivity index (χ0n) is 37.1. The van der Waals surface area contributed by atoms with Crippen molar-refractivity contribution in [3.8, 4) is 11.5 Å². The second-order valence-corrected chi connectivity index (χ2v) is 16.5. The van der Waals surface area contributed by atoms with Crippen molar-refractivity contribution in [3.63, 3.8) is 0 Å². The number of carbonyl (C=O) groups excluding carboxylic acids is 2. The Hall–Kier alpha value is -3.07. The van der Waals surface area contributed by atoms with Crippen LogP contribution < -0.4 is 9.47 Å². The van der Waals surface area contributed by atoms with Gasteiger partial charge in [0.05, 0.1) is 13.2 Å². The molecule has 0 spiro atoms. The summed E-state index contributed by atoms with van der Waals surface area (Å²) < 4.78 is 37.5. The third-order valence-corrected chi connectivity index (χ3v) is 10.9. The third kappa shape index (κ3) is 20.4. The molecule has 0 heterocycles. The molecule has 2 atom stereocenters. The standard InChI is InChI=1S/C50H77ClO8/c1-5-9-13-17-21-29-47(52)58-41(36-54-33-25-19-15-11-7-3)38-56-49-43-27-23-24-28-44(43)50(46-35-40(51)31-32-45(46)49)57-39-42(37-55-34-26-20-16-12-8-4)59-48(53)30-22-18-14-10-6-2/h23-24,27-28,31-32,35,41-42H,5-22,25-26,29-30,33-34,36-39H2,1-4H3. The van der Waals surface area contributed by atoms with Gasteiger partial charge in [0, 0.05) is 52.6 Å². The van der Waals surface area contributed by atoms with Crippen LogP contribution in [0.1, 0.15) is 169 Å². The highest BCUT2D eigenvalue weighted by molar-refractivity contribution is 6.31. The molecule has 0 fully saturated rings. The van der Waals surface area contributed by atoms with Crippen molar-refractivity contribution in [2.45, 2.75) is 181 Å². The lowest BCUT2D eigenvalue weighted by molar-refractivity contribution is -0.155. The first-order valence-electron chi connectivity index (χ1n) is 23.4. The van der Waals surface area contributed by atoms with Crippen LogP contribution in [0, 0.1) is 0 Å². The van der Waals surface area contributed by atoms with Gasteiger partial charge in [0.1, 0.15) is 24.7 Å². The molecule has 9 heteroatoms. The van der Waals surface area contributed by atoms with E-state index in [1.54, 1.807) is 0 Å². The van der Waals surface area contributed by atoms with Crippen LogP contribution in [-0.4, -0.2) is 63.8 Å². The van der Waals surface area contributed by atoms with Crippen LogP contribution in [-0.2, 0) is 28.5 Å². The summed E-state index contributed by atoms with van der Waals surface area (Å²) in [5, 5.41) is 3.81. The second-order valence-electron chi connectivity index (χ2n) is 16.0. The number of hydrogen-bond acceptors (Lipinski definition) is 8. The van der Waals surface area contributed by atoms with E-state index < -0.39 is 12.2 Å². The minimum absolute atomic E-state index is 0.121. The Kier molecular flexibility index (Phi) is 27.1. The van der Waals surface area contributed by atoms with Crippen LogP contribution >= 0.6 is 11.6 Å². The maximum absolute atomic E-state index is 13.0. The maximum atomic E-state index is 13.0. The Bertz CT molecular complexity index is 1580. The van der Waals surface area contributed by atoms with E-state index in [9.17, 15) is 9.59 Å². The fraction of sp³-hybridized carbons (Fsp3) is 0.680. The topological polar surface area (TPSA) is 89.5 Å². The molecule has 332 valence electrons. The Morgan fingerprint density at radius 2 is 0.864 bits per heavy atom. The molecule has 0 bridgehead atoms. The first-order chi connectivity index (χ1) is 28.9. The largest absolute Gasteiger partial charge is 0.488 e. The Morgan fingerprint density at radius 3 is 1.31 bits per heavy atom. The molecule has 0 radical (unpaired) electrons. The Balaban J connectivity index is 1.82. The number of esters is 2. The molecule has 59 heavy (non-hydrogen) atoms. The minimum Gasteiger partial charge on any atom is -0.488 e. The van der Waals surface area contributed by atoms with Gasteiger partial charge in [-0.1, -0.05) is 166 Å². The number of fused-ring (bicyclic) bond motifs is 2. The Morgan fingerprint density at radius 1 is 0.475 bits per heavy atom. The van der Waals surface area contributed by atoms with E-state index in [4.69, 9.17) is 40.0 Å². The van der Waals surface area contributed by atoms with Gasteiger partial charge >= 0.3 is 11.9 Å². The maximum Gasteiger partial charge on any atom is 0.306 e. The van der Waals surface area contributed by atoms with Crippen molar-refractivity contribution in [2.75, 3.05) is 39.6 Å². The lowest BCUT2D eigenvalue weighted by atomic mass is 10.0. The summed E-state index contributed by atoms with van der Waals surface area (Å²) >= 11 is 6.64. The number of hydrogen-bond donors (Lipinski definition) is 0. The zero-order chi connectivity index (χ0) is 42.3. The summed E-state index contributed by atoms with van der Waals surface area (Å²) in [6.45, 7) is 10.8. The first kappa shape index (κ1) is 50.3. The zero-order valence-corrected chi connectivity index (χ0v) is 37.9. The fourth-order valence-electron chi connectivity index (χ4n) is 7.25. The van der Waals surface area contributed by atoms with Gasteiger partial charge in [-0.3, -0.25) is 9.59 Å². The quantitative estimate of drug-likeness (QED) is 0.0325. The van der Waals surface area contributed by atoms with Gasteiger partial charge in [-0.05, 0) is 43.9 Å². The van der Waals surface area contributed by atoms with E-state index in [1.807, 2.05) is 42.5 Å². The summed E-state index contributed by atoms with van der Waals surface area (Å²) in [6, 6.07) is 13.6. The lowest BCUT2D eigenvalue weighted by Gasteiger charge is -2.23. The van der Waals surface area contributed by atoms with Crippen molar-refractivity contribution in [2.24, 2.45) is 0 Å². The number of carbonyl (C=O) groups is 2. The second kappa shape index (κ2) is 31.8. The number of rotatable bonds is 36. The van der Waals surface area contributed by atoms with Crippen molar-refractivity contribution < 1.29 is 38.0 Å². The minimum atomic E-state index is -0.577.